The van der Waals surface area contributed by atoms with Crippen molar-refractivity contribution in [2.45, 2.75) is 33.9 Å². The number of rotatable bonds is 5. The van der Waals surface area contributed by atoms with Crippen molar-refractivity contribution >= 4 is 33.5 Å². The number of amides is 1. The molecule has 1 amide bonds. The van der Waals surface area contributed by atoms with E-state index in [9.17, 15) is 9.59 Å². The zero-order valence-corrected chi connectivity index (χ0v) is 19.5. The zero-order valence-electron chi connectivity index (χ0n) is 19.5. The van der Waals surface area contributed by atoms with Crippen molar-refractivity contribution in [2.24, 2.45) is 0 Å². The monoisotopic (exact) mass is 450 g/mol. The second kappa shape index (κ2) is 8.63. The van der Waals surface area contributed by atoms with E-state index in [2.05, 4.69) is 10.3 Å². The van der Waals surface area contributed by atoms with Crippen molar-refractivity contribution in [1.29, 1.82) is 0 Å². The van der Waals surface area contributed by atoms with Gasteiger partial charge in [0.25, 0.3) is 5.56 Å². The number of anilines is 1. The van der Waals surface area contributed by atoms with Crippen LogP contribution in [-0.2, 0) is 17.9 Å². The molecule has 5 rings (SSSR count). The molecule has 6 heteroatoms. The predicted octanol–water partition coefficient (Wildman–Crippen LogP) is 4.96. The molecular weight excluding hydrogens is 424 g/mol. The van der Waals surface area contributed by atoms with Crippen LogP contribution in [0.15, 0.2) is 77.9 Å². The van der Waals surface area contributed by atoms with Gasteiger partial charge in [-0.1, -0.05) is 59.7 Å². The number of nitrogens with one attached hydrogen (secondary N) is 1. The van der Waals surface area contributed by atoms with Crippen molar-refractivity contribution < 1.29 is 4.79 Å². The molecule has 0 aliphatic rings. The van der Waals surface area contributed by atoms with Crippen LogP contribution in [0.1, 0.15) is 22.3 Å². The smallest absolute Gasteiger partial charge is 0.278 e. The van der Waals surface area contributed by atoms with Gasteiger partial charge in [-0.15, -0.1) is 0 Å². The Bertz CT molecular complexity index is 1600. The molecule has 6 nitrogen and oxygen atoms in total. The lowest BCUT2D eigenvalue weighted by Crippen LogP contribution is -2.25. The topological polar surface area (TPSA) is 68.9 Å². The molecule has 0 bridgehead atoms. The SMILES string of the molecule is Cc1ccc(NC(=O)Cn2c3ccc(C)cc3c3ncn(Cc4ccccc4)c(=O)c32)c(C)c1. The molecule has 1 N–H and O–H groups in total. The van der Waals surface area contributed by atoms with Gasteiger partial charge >= 0.3 is 0 Å². The van der Waals surface area contributed by atoms with Gasteiger partial charge < -0.3 is 9.88 Å². The van der Waals surface area contributed by atoms with E-state index in [4.69, 9.17) is 0 Å². The summed E-state index contributed by atoms with van der Waals surface area (Å²) in [4.78, 5) is 31.4. The zero-order chi connectivity index (χ0) is 23.8. The lowest BCUT2D eigenvalue weighted by Gasteiger charge is -2.12. The Kier molecular flexibility index (Phi) is 5.49. The molecule has 0 saturated carbocycles. The maximum Gasteiger partial charge on any atom is 0.278 e. The molecule has 170 valence electrons. The fourth-order valence-electron chi connectivity index (χ4n) is 4.46. The van der Waals surface area contributed by atoms with E-state index in [0.717, 1.165) is 38.8 Å². The van der Waals surface area contributed by atoms with Crippen LogP contribution in [0.3, 0.4) is 0 Å². The Balaban J connectivity index is 1.60. The van der Waals surface area contributed by atoms with Crippen molar-refractivity contribution in [2.75, 3.05) is 5.32 Å². The molecule has 0 radical (unpaired) electrons. The second-order valence-corrected chi connectivity index (χ2v) is 8.83. The number of fused-ring (bicyclic) bond motifs is 3. The van der Waals surface area contributed by atoms with E-state index in [1.54, 1.807) is 15.5 Å². The van der Waals surface area contributed by atoms with Crippen molar-refractivity contribution in [3.8, 4) is 0 Å². The highest BCUT2D eigenvalue weighted by Gasteiger charge is 2.19. The maximum absolute atomic E-state index is 13.6. The molecule has 0 aliphatic heterocycles. The van der Waals surface area contributed by atoms with Crippen LogP contribution in [0, 0.1) is 20.8 Å². The van der Waals surface area contributed by atoms with Crippen LogP contribution < -0.4 is 10.9 Å². The summed E-state index contributed by atoms with van der Waals surface area (Å²) in [5.74, 6) is -0.191. The largest absolute Gasteiger partial charge is 0.325 e. The van der Waals surface area contributed by atoms with Gasteiger partial charge in [0.15, 0.2) is 0 Å². The quantitative estimate of drug-likeness (QED) is 0.411. The average molecular weight is 451 g/mol. The lowest BCUT2D eigenvalue weighted by atomic mass is 10.1. The van der Waals surface area contributed by atoms with E-state index in [0.29, 0.717) is 17.6 Å². The second-order valence-electron chi connectivity index (χ2n) is 8.83. The highest BCUT2D eigenvalue weighted by molar-refractivity contribution is 6.06. The third kappa shape index (κ3) is 3.99. The minimum atomic E-state index is -0.191. The van der Waals surface area contributed by atoms with Gasteiger partial charge in [0, 0.05) is 11.1 Å². The molecular formula is C28H26N4O2. The summed E-state index contributed by atoms with van der Waals surface area (Å²) in [7, 11) is 0. The Morgan fingerprint density at radius 3 is 2.44 bits per heavy atom. The van der Waals surface area contributed by atoms with Crippen LogP contribution in [0.4, 0.5) is 5.69 Å². The predicted molar refractivity (Wildman–Crippen MR) is 136 cm³/mol. The normalized spacial score (nSPS) is 11.3. The van der Waals surface area contributed by atoms with Crippen LogP contribution in [0.2, 0.25) is 0 Å². The maximum atomic E-state index is 13.6. The number of benzene rings is 3. The standard InChI is InChI=1S/C28H26N4O2/c1-18-9-11-23(20(3)13-18)30-25(33)16-32-24-12-10-19(2)14-22(24)26-27(32)28(34)31(17-29-26)15-21-7-5-4-6-8-21/h4-14,17H,15-16H2,1-3H3,(H,30,33). The van der Waals surface area contributed by atoms with E-state index in [-0.39, 0.29) is 18.0 Å². The third-order valence-corrected chi connectivity index (χ3v) is 6.14. The third-order valence-electron chi connectivity index (χ3n) is 6.14. The fraction of sp³-hybridized carbons (Fsp3) is 0.179. The van der Waals surface area contributed by atoms with Crippen LogP contribution in [0.5, 0.6) is 0 Å². The van der Waals surface area contributed by atoms with Gasteiger partial charge in [0.05, 0.1) is 18.4 Å². The van der Waals surface area contributed by atoms with E-state index in [1.807, 2.05) is 87.5 Å². The minimum Gasteiger partial charge on any atom is -0.325 e. The number of aromatic nitrogens is 3. The summed E-state index contributed by atoms with van der Waals surface area (Å²) in [6, 6.07) is 21.7. The first kappa shape index (κ1) is 21.6. The van der Waals surface area contributed by atoms with E-state index in [1.165, 1.54) is 0 Å². The molecule has 2 aromatic heterocycles. The van der Waals surface area contributed by atoms with Gasteiger partial charge in [-0.25, -0.2) is 4.98 Å². The van der Waals surface area contributed by atoms with Gasteiger partial charge in [0.1, 0.15) is 17.6 Å². The van der Waals surface area contributed by atoms with Crippen molar-refractivity contribution in [3.05, 3.63) is 106 Å². The number of hydrogen-bond acceptors (Lipinski definition) is 3. The Labute approximate surface area is 197 Å². The van der Waals surface area contributed by atoms with Crippen molar-refractivity contribution in [1.82, 2.24) is 14.1 Å². The molecule has 3 aromatic carbocycles. The summed E-state index contributed by atoms with van der Waals surface area (Å²) in [5.41, 5.74) is 6.70. The highest BCUT2D eigenvalue weighted by Crippen LogP contribution is 2.27. The fourth-order valence-corrected chi connectivity index (χ4v) is 4.46. The van der Waals surface area contributed by atoms with E-state index < -0.39 is 0 Å². The molecule has 0 atom stereocenters. The molecule has 0 fully saturated rings. The van der Waals surface area contributed by atoms with Gasteiger partial charge in [0.2, 0.25) is 5.91 Å². The molecule has 5 aromatic rings. The first-order valence-electron chi connectivity index (χ1n) is 11.3. The number of hydrogen-bond donors (Lipinski definition) is 1. The molecule has 0 spiro atoms. The van der Waals surface area contributed by atoms with Crippen LogP contribution in [-0.4, -0.2) is 20.0 Å². The summed E-state index contributed by atoms with van der Waals surface area (Å²) >= 11 is 0. The van der Waals surface area contributed by atoms with Crippen LogP contribution in [0.25, 0.3) is 21.9 Å². The molecule has 0 aliphatic carbocycles. The van der Waals surface area contributed by atoms with E-state index >= 15 is 0 Å². The number of carbonyl (C=O) groups excluding carboxylic acids is 1. The Morgan fingerprint density at radius 2 is 1.68 bits per heavy atom. The molecule has 0 unspecified atom stereocenters. The minimum absolute atomic E-state index is 0.0165. The van der Waals surface area contributed by atoms with Gasteiger partial charge in [-0.3, -0.25) is 14.2 Å². The molecule has 34 heavy (non-hydrogen) atoms. The summed E-state index contributed by atoms with van der Waals surface area (Å²) in [6.07, 6.45) is 1.60. The lowest BCUT2D eigenvalue weighted by molar-refractivity contribution is -0.116. The summed E-state index contributed by atoms with van der Waals surface area (Å²) in [5, 5.41) is 3.87. The van der Waals surface area contributed by atoms with Gasteiger partial charge in [-0.05, 0) is 50.1 Å². The first-order valence-corrected chi connectivity index (χ1v) is 11.3. The number of aryl methyl sites for hydroxylation is 3. The number of carbonyl (C=O) groups is 1. The highest BCUT2D eigenvalue weighted by atomic mass is 16.2. The first-order chi connectivity index (χ1) is 16.4. The molecule has 0 saturated heterocycles. The van der Waals surface area contributed by atoms with Gasteiger partial charge in [-0.2, -0.15) is 0 Å². The summed E-state index contributed by atoms with van der Waals surface area (Å²) in [6.45, 7) is 6.43. The van der Waals surface area contributed by atoms with Crippen LogP contribution >= 0.6 is 0 Å². The Morgan fingerprint density at radius 1 is 0.941 bits per heavy atom. The number of nitrogens with zero attached hydrogens (tertiary/aromatic N) is 3. The average Bonchev–Trinajstić information content (AvgIpc) is 3.11. The Hall–Kier alpha value is -4.19. The molecule has 2 heterocycles. The summed E-state index contributed by atoms with van der Waals surface area (Å²) < 4.78 is 3.39. The van der Waals surface area contributed by atoms with Crippen molar-refractivity contribution in [3.63, 3.8) is 0 Å².